The molecule has 2 rings (SSSR count). The zero-order valence-corrected chi connectivity index (χ0v) is 9.21. The van der Waals surface area contributed by atoms with E-state index in [1.165, 1.54) is 0 Å². The van der Waals surface area contributed by atoms with Crippen molar-refractivity contribution in [1.29, 1.82) is 0 Å². The predicted octanol–water partition coefficient (Wildman–Crippen LogP) is 4.17. The van der Waals surface area contributed by atoms with Crippen molar-refractivity contribution >= 4 is 0 Å². The van der Waals surface area contributed by atoms with Crippen LogP contribution < -0.4 is 4.74 Å². The van der Waals surface area contributed by atoms with E-state index >= 15 is 0 Å². The van der Waals surface area contributed by atoms with E-state index in [1.807, 2.05) is 0 Å². The van der Waals surface area contributed by atoms with Crippen LogP contribution >= 0.6 is 0 Å². The minimum atomic E-state index is -4.65. The molecule has 0 saturated carbocycles. The topological polar surface area (TPSA) is 22.1 Å². The van der Waals surface area contributed by atoms with Crippen LogP contribution in [0.3, 0.4) is 0 Å². The van der Waals surface area contributed by atoms with Crippen molar-refractivity contribution in [2.24, 2.45) is 0 Å². The lowest BCUT2D eigenvalue weighted by atomic mass is 10.2. The van der Waals surface area contributed by atoms with Gasteiger partial charge in [0.15, 0.2) is 11.6 Å². The Morgan fingerprint density at radius 2 is 1.74 bits per heavy atom. The fraction of sp³-hybridized carbons (Fsp3) is 0.0833. The van der Waals surface area contributed by atoms with Gasteiger partial charge < -0.3 is 4.74 Å². The highest BCUT2D eigenvalue weighted by Crippen LogP contribution is 2.36. The lowest BCUT2D eigenvalue weighted by molar-refractivity contribution is -0.138. The molecule has 2 aromatic rings. The summed E-state index contributed by atoms with van der Waals surface area (Å²) in [6.45, 7) is 0. The SMILES string of the molecule is Fc1ccc(Oc2ncccc2C(F)(F)F)cc1F. The molecule has 0 unspecified atom stereocenters. The molecular weight excluding hydrogens is 269 g/mol. The Balaban J connectivity index is 2.36. The van der Waals surface area contributed by atoms with Crippen molar-refractivity contribution in [3.05, 3.63) is 53.7 Å². The maximum atomic E-state index is 12.9. The number of ether oxygens (including phenoxy) is 1. The fourth-order valence-electron chi connectivity index (χ4n) is 1.34. The molecule has 1 heterocycles. The number of alkyl halides is 3. The van der Waals surface area contributed by atoms with Gasteiger partial charge in [-0.3, -0.25) is 0 Å². The molecule has 0 radical (unpaired) electrons. The van der Waals surface area contributed by atoms with Crippen LogP contribution in [0.5, 0.6) is 11.6 Å². The molecule has 0 amide bonds. The predicted molar refractivity (Wildman–Crippen MR) is 55.7 cm³/mol. The van der Waals surface area contributed by atoms with Gasteiger partial charge in [0, 0.05) is 12.3 Å². The number of benzene rings is 1. The number of hydrogen-bond donors (Lipinski definition) is 0. The van der Waals surface area contributed by atoms with Crippen molar-refractivity contribution in [3.8, 4) is 11.6 Å². The summed E-state index contributed by atoms with van der Waals surface area (Å²) < 4.78 is 68.4. The molecular formula is C12H6F5NO. The van der Waals surface area contributed by atoms with Gasteiger partial charge in [0.1, 0.15) is 11.3 Å². The highest BCUT2D eigenvalue weighted by molar-refractivity contribution is 5.34. The van der Waals surface area contributed by atoms with Crippen LogP contribution in [-0.2, 0) is 6.18 Å². The molecule has 0 spiro atoms. The summed E-state index contributed by atoms with van der Waals surface area (Å²) >= 11 is 0. The third-order valence-electron chi connectivity index (χ3n) is 2.18. The number of hydrogen-bond acceptors (Lipinski definition) is 2. The molecule has 0 aliphatic rings. The number of halogens is 5. The van der Waals surface area contributed by atoms with Gasteiger partial charge in [0.2, 0.25) is 5.88 Å². The van der Waals surface area contributed by atoms with Crippen LogP contribution in [0, 0.1) is 11.6 Å². The van der Waals surface area contributed by atoms with Gasteiger partial charge >= 0.3 is 6.18 Å². The quantitative estimate of drug-likeness (QED) is 0.767. The van der Waals surface area contributed by atoms with Crippen LogP contribution in [0.25, 0.3) is 0 Å². The minimum Gasteiger partial charge on any atom is -0.438 e. The zero-order chi connectivity index (χ0) is 14.0. The first-order chi connectivity index (χ1) is 8.88. The van der Waals surface area contributed by atoms with E-state index in [-0.39, 0.29) is 5.75 Å². The minimum absolute atomic E-state index is 0.275. The van der Waals surface area contributed by atoms with Gasteiger partial charge in [-0.05, 0) is 24.3 Å². The Hall–Kier alpha value is -2.18. The Morgan fingerprint density at radius 1 is 1.00 bits per heavy atom. The van der Waals surface area contributed by atoms with Crippen molar-refractivity contribution < 1.29 is 26.7 Å². The second-order valence-corrected chi connectivity index (χ2v) is 3.53. The van der Waals surface area contributed by atoms with Crippen molar-refractivity contribution in [1.82, 2.24) is 4.98 Å². The highest BCUT2D eigenvalue weighted by atomic mass is 19.4. The number of rotatable bonds is 2. The number of pyridine rings is 1. The summed E-state index contributed by atoms with van der Waals surface area (Å²) in [6.07, 6.45) is -3.55. The molecule has 0 atom stereocenters. The maximum Gasteiger partial charge on any atom is 0.421 e. The van der Waals surface area contributed by atoms with Crippen LogP contribution in [0.1, 0.15) is 5.56 Å². The average molecular weight is 275 g/mol. The van der Waals surface area contributed by atoms with E-state index in [0.717, 1.165) is 30.5 Å². The molecule has 0 aliphatic carbocycles. The standard InChI is InChI=1S/C12H6F5NO/c13-9-4-3-7(6-10(9)14)19-11-8(12(15,16)17)2-1-5-18-11/h1-6H. The molecule has 0 aliphatic heterocycles. The monoisotopic (exact) mass is 275 g/mol. The summed E-state index contributed by atoms with van der Waals surface area (Å²) in [4.78, 5) is 3.43. The van der Waals surface area contributed by atoms with Crippen LogP contribution in [0.15, 0.2) is 36.5 Å². The van der Waals surface area contributed by atoms with Crippen LogP contribution in [0.4, 0.5) is 22.0 Å². The maximum absolute atomic E-state index is 12.9. The van der Waals surface area contributed by atoms with Crippen LogP contribution in [0.2, 0.25) is 0 Å². The molecule has 0 N–H and O–H groups in total. The summed E-state index contributed by atoms with van der Waals surface area (Å²) in [5, 5.41) is 0. The largest absolute Gasteiger partial charge is 0.438 e. The molecule has 7 heteroatoms. The second-order valence-electron chi connectivity index (χ2n) is 3.53. The fourth-order valence-corrected chi connectivity index (χ4v) is 1.34. The Labute approximate surface area is 104 Å². The lowest BCUT2D eigenvalue weighted by Crippen LogP contribution is -2.08. The van der Waals surface area contributed by atoms with Gasteiger partial charge in [0.25, 0.3) is 0 Å². The van der Waals surface area contributed by atoms with Crippen molar-refractivity contribution in [2.45, 2.75) is 6.18 Å². The summed E-state index contributed by atoms with van der Waals surface area (Å²) in [7, 11) is 0. The number of nitrogens with zero attached hydrogens (tertiary/aromatic N) is 1. The Morgan fingerprint density at radius 3 is 2.37 bits per heavy atom. The normalized spacial score (nSPS) is 11.4. The smallest absolute Gasteiger partial charge is 0.421 e. The van der Waals surface area contributed by atoms with Gasteiger partial charge in [-0.1, -0.05) is 0 Å². The third kappa shape index (κ3) is 2.98. The van der Waals surface area contributed by atoms with Crippen molar-refractivity contribution in [2.75, 3.05) is 0 Å². The lowest BCUT2D eigenvalue weighted by Gasteiger charge is -2.12. The van der Waals surface area contributed by atoms with Gasteiger partial charge in [0.05, 0.1) is 0 Å². The first-order valence-corrected chi connectivity index (χ1v) is 5.03. The average Bonchev–Trinajstić information content (AvgIpc) is 2.33. The van der Waals surface area contributed by atoms with E-state index in [9.17, 15) is 22.0 Å². The van der Waals surface area contributed by atoms with Crippen molar-refractivity contribution in [3.63, 3.8) is 0 Å². The van der Waals surface area contributed by atoms with Gasteiger partial charge in [-0.2, -0.15) is 13.2 Å². The highest BCUT2D eigenvalue weighted by Gasteiger charge is 2.35. The van der Waals surface area contributed by atoms with E-state index in [4.69, 9.17) is 4.74 Å². The molecule has 100 valence electrons. The first kappa shape index (κ1) is 13.3. The van der Waals surface area contributed by atoms with E-state index in [1.54, 1.807) is 0 Å². The molecule has 0 bridgehead atoms. The summed E-state index contributed by atoms with van der Waals surface area (Å²) in [5.41, 5.74) is -1.10. The zero-order valence-electron chi connectivity index (χ0n) is 9.21. The molecule has 0 saturated heterocycles. The Bertz CT molecular complexity index is 597. The number of aromatic nitrogens is 1. The van der Waals surface area contributed by atoms with Gasteiger partial charge in [-0.25, -0.2) is 13.8 Å². The first-order valence-electron chi connectivity index (χ1n) is 5.03. The second kappa shape index (κ2) is 4.83. The van der Waals surface area contributed by atoms with E-state index < -0.39 is 29.3 Å². The third-order valence-corrected chi connectivity index (χ3v) is 2.18. The molecule has 0 fully saturated rings. The van der Waals surface area contributed by atoms with Gasteiger partial charge in [-0.15, -0.1) is 0 Å². The van der Waals surface area contributed by atoms with E-state index in [2.05, 4.69) is 4.98 Å². The molecule has 1 aromatic heterocycles. The molecule has 2 nitrogen and oxygen atoms in total. The summed E-state index contributed by atoms with van der Waals surface area (Å²) in [5.74, 6) is -3.34. The summed E-state index contributed by atoms with van der Waals surface area (Å²) in [6, 6.07) is 4.28. The van der Waals surface area contributed by atoms with E-state index in [0.29, 0.717) is 6.07 Å². The Kier molecular flexibility index (Phi) is 3.37. The molecule has 19 heavy (non-hydrogen) atoms. The molecule has 1 aromatic carbocycles. The van der Waals surface area contributed by atoms with Crippen LogP contribution in [-0.4, -0.2) is 4.98 Å².